The molecular formula is C12H17N. The van der Waals surface area contributed by atoms with Gasteiger partial charge in [0.05, 0.1) is 0 Å². The Hall–Kier alpha value is -0.820. The van der Waals surface area contributed by atoms with Crippen LogP contribution < -0.4 is 5.73 Å². The molecule has 2 N–H and O–H groups in total. The summed E-state index contributed by atoms with van der Waals surface area (Å²) in [5, 5.41) is 0. The molecule has 0 heterocycles. The number of nitrogens with two attached hydrogens (primary N) is 1. The summed E-state index contributed by atoms with van der Waals surface area (Å²) in [5.74, 6) is 0.531. The molecule has 0 radical (unpaired) electrons. The SMILES string of the molecule is Cc1cccc2c1CCC(N)C2C. The van der Waals surface area contributed by atoms with Crippen molar-refractivity contribution in [3.05, 3.63) is 34.9 Å². The predicted molar refractivity (Wildman–Crippen MR) is 55.9 cm³/mol. The van der Waals surface area contributed by atoms with Gasteiger partial charge in [-0.3, -0.25) is 0 Å². The second-order valence-corrected chi connectivity index (χ2v) is 4.13. The first-order chi connectivity index (χ1) is 6.20. The van der Waals surface area contributed by atoms with E-state index in [1.165, 1.54) is 16.7 Å². The van der Waals surface area contributed by atoms with Gasteiger partial charge >= 0.3 is 0 Å². The summed E-state index contributed by atoms with van der Waals surface area (Å²) in [6, 6.07) is 6.92. The van der Waals surface area contributed by atoms with Gasteiger partial charge in [-0.05, 0) is 42.4 Å². The van der Waals surface area contributed by atoms with Gasteiger partial charge in [-0.25, -0.2) is 0 Å². The van der Waals surface area contributed by atoms with Gasteiger partial charge in [0.25, 0.3) is 0 Å². The summed E-state index contributed by atoms with van der Waals surface area (Å²) in [6.07, 6.45) is 2.30. The zero-order valence-corrected chi connectivity index (χ0v) is 8.38. The van der Waals surface area contributed by atoms with Crippen molar-refractivity contribution in [1.29, 1.82) is 0 Å². The second-order valence-electron chi connectivity index (χ2n) is 4.13. The van der Waals surface area contributed by atoms with Gasteiger partial charge in [0.2, 0.25) is 0 Å². The standard InChI is InChI=1S/C12H17N/c1-8-4-3-5-11-9(2)12(13)7-6-10(8)11/h3-5,9,12H,6-7,13H2,1-2H3. The minimum absolute atomic E-state index is 0.356. The number of fused-ring (bicyclic) bond motifs is 1. The number of rotatable bonds is 0. The molecule has 2 atom stereocenters. The smallest absolute Gasteiger partial charge is 0.0108 e. The van der Waals surface area contributed by atoms with Crippen molar-refractivity contribution in [1.82, 2.24) is 0 Å². The Bertz CT molecular complexity index is 317. The minimum Gasteiger partial charge on any atom is -0.327 e. The van der Waals surface area contributed by atoms with Crippen LogP contribution in [0.25, 0.3) is 0 Å². The molecule has 1 aromatic rings. The summed E-state index contributed by atoms with van der Waals surface area (Å²) in [7, 11) is 0. The molecule has 1 aliphatic rings. The fourth-order valence-electron chi connectivity index (χ4n) is 2.28. The zero-order chi connectivity index (χ0) is 9.42. The van der Waals surface area contributed by atoms with E-state index < -0.39 is 0 Å². The highest BCUT2D eigenvalue weighted by molar-refractivity contribution is 5.39. The van der Waals surface area contributed by atoms with Crippen molar-refractivity contribution in [2.75, 3.05) is 0 Å². The molecule has 13 heavy (non-hydrogen) atoms. The summed E-state index contributed by atoms with van der Waals surface area (Å²) >= 11 is 0. The normalized spacial score (nSPS) is 27.0. The summed E-state index contributed by atoms with van der Waals surface area (Å²) in [4.78, 5) is 0. The third kappa shape index (κ3) is 1.37. The van der Waals surface area contributed by atoms with Crippen molar-refractivity contribution < 1.29 is 0 Å². The Balaban J connectivity index is 2.49. The molecule has 70 valence electrons. The number of hydrogen-bond donors (Lipinski definition) is 1. The highest BCUT2D eigenvalue weighted by Crippen LogP contribution is 2.31. The molecule has 1 aliphatic carbocycles. The molecule has 1 nitrogen and oxygen atoms in total. The van der Waals surface area contributed by atoms with Gasteiger partial charge in [-0.1, -0.05) is 25.1 Å². The Labute approximate surface area is 80.0 Å². The van der Waals surface area contributed by atoms with E-state index in [9.17, 15) is 0 Å². The maximum absolute atomic E-state index is 6.04. The van der Waals surface area contributed by atoms with E-state index in [-0.39, 0.29) is 0 Å². The van der Waals surface area contributed by atoms with Crippen LogP contribution in [-0.2, 0) is 6.42 Å². The van der Waals surface area contributed by atoms with Crippen LogP contribution in [0.4, 0.5) is 0 Å². The van der Waals surface area contributed by atoms with E-state index in [0.29, 0.717) is 12.0 Å². The number of benzene rings is 1. The Morgan fingerprint density at radius 3 is 2.92 bits per heavy atom. The van der Waals surface area contributed by atoms with Crippen molar-refractivity contribution in [3.8, 4) is 0 Å². The van der Waals surface area contributed by atoms with Gasteiger partial charge in [0.15, 0.2) is 0 Å². The minimum atomic E-state index is 0.356. The average Bonchev–Trinajstić information content (AvgIpc) is 2.12. The van der Waals surface area contributed by atoms with E-state index >= 15 is 0 Å². The quantitative estimate of drug-likeness (QED) is 0.643. The summed E-state index contributed by atoms with van der Waals surface area (Å²) in [6.45, 7) is 4.44. The highest BCUT2D eigenvalue weighted by Gasteiger charge is 2.23. The van der Waals surface area contributed by atoms with Crippen LogP contribution in [0.2, 0.25) is 0 Å². The highest BCUT2D eigenvalue weighted by atomic mass is 14.7. The average molecular weight is 175 g/mol. The molecule has 1 heteroatoms. The van der Waals surface area contributed by atoms with Crippen LogP contribution in [0.15, 0.2) is 18.2 Å². The first kappa shape index (κ1) is 8.76. The third-order valence-corrected chi connectivity index (χ3v) is 3.31. The Morgan fingerprint density at radius 1 is 1.38 bits per heavy atom. The van der Waals surface area contributed by atoms with Crippen LogP contribution in [0, 0.1) is 6.92 Å². The van der Waals surface area contributed by atoms with Crippen molar-refractivity contribution in [2.45, 2.75) is 38.6 Å². The van der Waals surface area contributed by atoms with Crippen LogP contribution in [0.3, 0.4) is 0 Å². The maximum Gasteiger partial charge on any atom is 0.0108 e. The number of hydrogen-bond acceptors (Lipinski definition) is 1. The monoisotopic (exact) mass is 175 g/mol. The fourth-order valence-corrected chi connectivity index (χ4v) is 2.28. The molecular weight excluding hydrogens is 158 g/mol. The second kappa shape index (κ2) is 3.15. The zero-order valence-electron chi connectivity index (χ0n) is 8.38. The van der Waals surface area contributed by atoms with Crippen molar-refractivity contribution in [3.63, 3.8) is 0 Å². The number of aryl methyl sites for hydroxylation is 1. The molecule has 0 amide bonds. The molecule has 0 fully saturated rings. The van der Waals surface area contributed by atoms with E-state index in [4.69, 9.17) is 5.73 Å². The first-order valence-electron chi connectivity index (χ1n) is 5.04. The van der Waals surface area contributed by atoms with E-state index in [1.807, 2.05) is 0 Å². The lowest BCUT2D eigenvalue weighted by Gasteiger charge is -2.29. The summed E-state index contributed by atoms with van der Waals surface area (Å²) < 4.78 is 0. The lowest BCUT2D eigenvalue weighted by molar-refractivity contribution is 0.496. The van der Waals surface area contributed by atoms with E-state index in [0.717, 1.165) is 12.8 Å². The van der Waals surface area contributed by atoms with E-state index in [2.05, 4.69) is 32.0 Å². The third-order valence-electron chi connectivity index (χ3n) is 3.31. The molecule has 0 aliphatic heterocycles. The van der Waals surface area contributed by atoms with Gasteiger partial charge in [0.1, 0.15) is 0 Å². The molecule has 0 bridgehead atoms. The molecule has 2 unspecified atom stereocenters. The van der Waals surface area contributed by atoms with Crippen LogP contribution in [-0.4, -0.2) is 6.04 Å². The maximum atomic E-state index is 6.04. The van der Waals surface area contributed by atoms with Crippen LogP contribution in [0.5, 0.6) is 0 Å². The van der Waals surface area contributed by atoms with Crippen LogP contribution in [0.1, 0.15) is 36.0 Å². The largest absolute Gasteiger partial charge is 0.327 e. The lowest BCUT2D eigenvalue weighted by atomic mass is 9.79. The molecule has 1 aromatic carbocycles. The molecule has 0 spiro atoms. The topological polar surface area (TPSA) is 26.0 Å². The first-order valence-corrected chi connectivity index (χ1v) is 5.04. The van der Waals surface area contributed by atoms with Crippen molar-refractivity contribution in [2.24, 2.45) is 5.73 Å². The van der Waals surface area contributed by atoms with Crippen molar-refractivity contribution >= 4 is 0 Å². The molecule has 0 saturated heterocycles. The molecule has 0 saturated carbocycles. The van der Waals surface area contributed by atoms with Gasteiger partial charge in [0, 0.05) is 6.04 Å². The lowest BCUT2D eigenvalue weighted by Crippen LogP contribution is -2.31. The van der Waals surface area contributed by atoms with Gasteiger partial charge in [-0.2, -0.15) is 0 Å². The fraction of sp³-hybridized carbons (Fsp3) is 0.500. The van der Waals surface area contributed by atoms with Gasteiger partial charge in [-0.15, -0.1) is 0 Å². The van der Waals surface area contributed by atoms with Gasteiger partial charge < -0.3 is 5.73 Å². The molecule has 2 rings (SSSR count). The Morgan fingerprint density at radius 2 is 2.15 bits per heavy atom. The van der Waals surface area contributed by atoms with Crippen LogP contribution >= 0.6 is 0 Å². The predicted octanol–water partition coefficient (Wildman–Crippen LogP) is 2.37. The van der Waals surface area contributed by atoms with E-state index in [1.54, 1.807) is 0 Å². The molecule has 0 aromatic heterocycles. The Kier molecular flexibility index (Phi) is 2.12. The summed E-state index contributed by atoms with van der Waals surface area (Å²) in [5.41, 5.74) is 10.5.